The number of rotatable bonds is 3. The summed E-state index contributed by atoms with van der Waals surface area (Å²) in [5.74, 6) is -0.0349. The predicted octanol–water partition coefficient (Wildman–Crippen LogP) is 3.46. The molecule has 0 unspecified atom stereocenters. The minimum atomic E-state index is -4.46. The van der Waals surface area contributed by atoms with Gasteiger partial charge in [-0.05, 0) is 26.0 Å². The van der Waals surface area contributed by atoms with Gasteiger partial charge >= 0.3 is 6.18 Å². The molecule has 0 saturated heterocycles. The molecule has 0 aromatic carbocycles. The summed E-state index contributed by atoms with van der Waals surface area (Å²) in [5.41, 5.74) is -0.524. The van der Waals surface area contributed by atoms with Gasteiger partial charge in [0.15, 0.2) is 0 Å². The topological polar surface area (TPSA) is 57.9 Å². The Balaban J connectivity index is 0.000000982. The number of nitrogens with one attached hydrogen (secondary N) is 1. The second kappa shape index (κ2) is 7.46. The second-order valence-electron chi connectivity index (χ2n) is 3.69. The van der Waals surface area contributed by atoms with Gasteiger partial charge in [-0.2, -0.15) is 18.4 Å². The number of ether oxygens (including phenoxy) is 1. The Kier molecular flexibility index (Phi) is 6.69. The van der Waals surface area contributed by atoms with Crippen molar-refractivity contribution in [3.8, 4) is 11.9 Å². The van der Waals surface area contributed by atoms with Crippen LogP contribution in [0.1, 0.15) is 26.5 Å². The average molecular weight is 275 g/mol. The van der Waals surface area contributed by atoms with Crippen LogP contribution in [0.4, 0.5) is 18.9 Å². The third-order valence-electron chi connectivity index (χ3n) is 1.77. The molecule has 0 amide bonds. The molecule has 1 aromatic heterocycles. The van der Waals surface area contributed by atoms with Crippen molar-refractivity contribution in [3.05, 3.63) is 17.8 Å². The highest BCUT2D eigenvalue weighted by molar-refractivity contribution is 5.52. The molecule has 0 saturated carbocycles. The van der Waals surface area contributed by atoms with Gasteiger partial charge in [-0.1, -0.05) is 0 Å². The summed E-state index contributed by atoms with van der Waals surface area (Å²) in [4.78, 5) is 3.45. The van der Waals surface area contributed by atoms with E-state index in [0.29, 0.717) is 5.69 Å². The smallest absolute Gasteiger partial charge is 0.433 e. The monoisotopic (exact) mass is 275 g/mol. The second-order valence-corrected chi connectivity index (χ2v) is 3.69. The van der Waals surface area contributed by atoms with Gasteiger partial charge in [0.25, 0.3) is 0 Å². The summed E-state index contributed by atoms with van der Waals surface area (Å²) in [6, 6.07) is 3.96. The van der Waals surface area contributed by atoms with Crippen molar-refractivity contribution < 1.29 is 17.9 Å². The molecule has 1 N–H and O–H groups in total. The van der Waals surface area contributed by atoms with E-state index in [1.54, 1.807) is 27.0 Å². The van der Waals surface area contributed by atoms with Crippen LogP contribution in [0.2, 0.25) is 0 Å². The van der Waals surface area contributed by atoms with Gasteiger partial charge in [-0.25, -0.2) is 4.98 Å². The lowest BCUT2D eigenvalue weighted by Crippen LogP contribution is -2.13. The Bertz CT molecular complexity index is 439. The van der Waals surface area contributed by atoms with Crippen molar-refractivity contribution in [2.45, 2.75) is 33.1 Å². The molecule has 0 bridgehead atoms. The molecule has 7 heteroatoms. The zero-order chi connectivity index (χ0) is 15.1. The number of alkyl halides is 3. The Hall–Kier alpha value is -1.97. The minimum Gasteiger partial charge on any atom is -0.473 e. The zero-order valence-electron chi connectivity index (χ0n) is 11.2. The molecule has 106 valence electrons. The van der Waals surface area contributed by atoms with E-state index in [9.17, 15) is 13.2 Å². The van der Waals surface area contributed by atoms with Crippen molar-refractivity contribution in [1.29, 1.82) is 5.26 Å². The molecule has 4 nitrogen and oxygen atoms in total. The maximum atomic E-state index is 12.4. The van der Waals surface area contributed by atoms with Crippen LogP contribution < -0.4 is 10.1 Å². The molecule has 0 fully saturated rings. The van der Waals surface area contributed by atoms with E-state index in [1.807, 2.05) is 0 Å². The maximum absolute atomic E-state index is 12.4. The van der Waals surface area contributed by atoms with Crippen LogP contribution in [0.15, 0.2) is 12.1 Å². The number of anilines is 1. The summed E-state index contributed by atoms with van der Waals surface area (Å²) >= 11 is 0. The maximum Gasteiger partial charge on any atom is 0.433 e. The zero-order valence-corrected chi connectivity index (χ0v) is 11.2. The van der Waals surface area contributed by atoms with E-state index in [-0.39, 0.29) is 12.0 Å². The molecule has 0 aliphatic heterocycles. The number of nitrogens with zero attached hydrogens (tertiary/aromatic N) is 2. The minimum absolute atomic E-state index is 0.0349. The van der Waals surface area contributed by atoms with E-state index >= 15 is 0 Å². The summed E-state index contributed by atoms with van der Waals surface area (Å²) in [6.45, 7) is 4.88. The predicted molar refractivity (Wildman–Crippen MR) is 65.8 cm³/mol. The van der Waals surface area contributed by atoms with Crippen LogP contribution in [0.25, 0.3) is 0 Å². The number of pyridine rings is 1. The van der Waals surface area contributed by atoms with Crippen molar-refractivity contribution in [2.24, 2.45) is 0 Å². The van der Waals surface area contributed by atoms with Crippen LogP contribution in [-0.2, 0) is 6.18 Å². The normalized spacial score (nSPS) is 10.3. The quantitative estimate of drug-likeness (QED) is 0.917. The Labute approximate surface area is 110 Å². The highest BCUT2D eigenvalue weighted by atomic mass is 19.4. The largest absolute Gasteiger partial charge is 0.473 e. The van der Waals surface area contributed by atoms with Gasteiger partial charge in [-0.3, -0.25) is 0 Å². The molecule has 19 heavy (non-hydrogen) atoms. The Morgan fingerprint density at radius 2 is 1.89 bits per heavy atom. The number of aromatic nitrogens is 1. The van der Waals surface area contributed by atoms with Gasteiger partial charge in [0.1, 0.15) is 5.69 Å². The van der Waals surface area contributed by atoms with E-state index in [2.05, 4.69) is 10.3 Å². The fourth-order valence-electron chi connectivity index (χ4n) is 1.10. The standard InChI is InChI=1S/C10H13F3N2O.C2H3N/c1-6(2)16-9-7(14-3)4-5-8(15-9)10(11,12)13;1-2-3/h4-6,14H,1-3H3;1H3. The lowest BCUT2D eigenvalue weighted by molar-refractivity contribution is -0.141. The first-order chi connectivity index (χ1) is 8.76. The summed E-state index contributed by atoms with van der Waals surface area (Å²) in [7, 11) is 1.59. The van der Waals surface area contributed by atoms with Crippen molar-refractivity contribution >= 4 is 5.69 Å². The number of hydrogen-bond acceptors (Lipinski definition) is 4. The Morgan fingerprint density at radius 3 is 2.26 bits per heavy atom. The highest BCUT2D eigenvalue weighted by Crippen LogP contribution is 2.32. The molecule has 1 heterocycles. The van der Waals surface area contributed by atoms with Gasteiger partial charge in [0.2, 0.25) is 5.88 Å². The first-order valence-corrected chi connectivity index (χ1v) is 5.49. The van der Waals surface area contributed by atoms with Crippen LogP contribution in [0.3, 0.4) is 0 Å². The molecule has 0 spiro atoms. The van der Waals surface area contributed by atoms with Gasteiger partial charge < -0.3 is 10.1 Å². The summed E-state index contributed by atoms with van der Waals surface area (Å²) in [5, 5.41) is 10.0. The lowest BCUT2D eigenvalue weighted by atomic mass is 10.3. The molecule has 1 aromatic rings. The van der Waals surface area contributed by atoms with Crippen LogP contribution in [0, 0.1) is 11.3 Å². The third-order valence-corrected chi connectivity index (χ3v) is 1.77. The van der Waals surface area contributed by atoms with E-state index < -0.39 is 11.9 Å². The van der Waals surface area contributed by atoms with Gasteiger partial charge in [0, 0.05) is 14.0 Å². The van der Waals surface area contributed by atoms with E-state index in [0.717, 1.165) is 6.07 Å². The van der Waals surface area contributed by atoms with Gasteiger partial charge in [-0.15, -0.1) is 0 Å². The van der Waals surface area contributed by atoms with Crippen LogP contribution in [-0.4, -0.2) is 18.1 Å². The van der Waals surface area contributed by atoms with Crippen LogP contribution >= 0.6 is 0 Å². The summed E-state index contributed by atoms with van der Waals surface area (Å²) < 4.78 is 42.4. The van der Waals surface area contributed by atoms with Crippen LogP contribution in [0.5, 0.6) is 5.88 Å². The Morgan fingerprint density at radius 1 is 1.37 bits per heavy atom. The average Bonchev–Trinajstić information content (AvgIpc) is 2.28. The molecule has 0 aliphatic rings. The van der Waals surface area contributed by atoms with Gasteiger partial charge in [0.05, 0.1) is 17.9 Å². The van der Waals surface area contributed by atoms with Crippen molar-refractivity contribution in [3.63, 3.8) is 0 Å². The molecular formula is C12H16F3N3O. The molecule has 1 rings (SSSR count). The summed E-state index contributed by atoms with van der Waals surface area (Å²) in [6.07, 6.45) is -4.69. The molecule has 0 atom stereocenters. The number of nitriles is 1. The van der Waals surface area contributed by atoms with Crippen molar-refractivity contribution in [2.75, 3.05) is 12.4 Å². The first kappa shape index (κ1) is 17.0. The highest BCUT2D eigenvalue weighted by Gasteiger charge is 2.33. The molecular weight excluding hydrogens is 259 g/mol. The lowest BCUT2D eigenvalue weighted by Gasteiger charge is -2.14. The number of halogens is 3. The first-order valence-electron chi connectivity index (χ1n) is 5.49. The fourth-order valence-corrected chi connectivity index (χ4v) is 1.10. The molecule has 0 aliphatic carbocycles. The third kappa shape index (κ3) is 5.95. The van der Waals surface area contributed by atoms with Crippen molar-refractivity contribution in [1.82, 2.24) is 4.98 Å². The number of hydrogen-bond donors (Lipinski definition) is 1. The van der Waals surface area contributed by atoms with E-state index in [4.69, 9.17) is 10.00 Å². The SMILES string of the molecule is CC#N.CNc1ccc(C(F)(F)F)nc1OC(C)C. The molecule has 0 radical (unpaired) electrons. The van der Waals surface area contributed by atoms with E-state index in [1.165, 1.54) is 13.0 Å². The fraction of sp³-hybridized carbons (Fsp3) is 0.500.